The molecule has 1 amide bonds. The van der Waals surface area contributed by atoms with Gasteiger partial charge in [-0.3, -0.25) is 14.4 Å². The fraction of sp³-hybridized carbons (Fsp3) is 0.750. The molecule has 5 nitrogen and oxygen atoms in total. The monoisotopic (exact) mass is 292 g/mol. The number of aromatic nitrogens is 2. The first-order valence-electron chi connectivity index (χ1n) is 8.19. The predicted octanol–water partition coefficient (Wildman–Crippen LogP) is 2.17. The van der Waals surface area contributed by atoms with Gasteiger partial charge in [0, 0.05) is 30.9 Å². The predicted molar refractivity (Wildman–Crippen MR) is 83.8 cm³/mol. The van der Waals surface area contributed by atoms with E-state index >= 15 is 0 Å². The molecule has 1 aliphatic carbocycles. The Morgan fingerprint density at radius 2 is 2.19 bits per heavy atom. The van der Waals surface area contributed by atoms with E-state index in [1.807, 2.05) is 17.8 Å². The molecule has 1 atom stereocenters. The molecule has 5 heteroatoms. The molecule has 1 aliphatic rings. The Hall–Kier alpha value is -1.36. The van der Waals surface area contributed by atoms with Gasteiger partial charge in [0.2, 0.25) is 5.91 Å². The van der Waals surface area contributed by atoms with Crippen LogP contribution in [-0.4, -0.2) is 39.2 Å². The lowest BCUT2D eigenvalue weighted by Gasteiger charge is -2.27. The minimum Gasteiger partial charge on any atom is -0.352 e. The van der Waals surface area contributed by atoms with Gasteiger partial charge in [0.05, 0.1) is 12.2 Å². The first kappa shape index (κ1) is 16.0. The third-order valence-corrected chi connectivity index (χ3v) is 4.43. The minimum absolute atomic E-state index is 0.0967. The third-order valence-electron chi connectivity index (χ3n) is 4.43. The molecule has 1 saturated carbocycles. The Morgan fingerprint density at radius 3 is 2.76 bits per heavy atom. The topological polar surface area (TPSA) is 50.2 Å². The largest absolute Gasteiger partial charge is 0.352 e. The number of hydrogen-bond acceptors (Lipinski definition) is 3. The number of likely N-dealkylation sites (N-methyl/N-ethyl adjacent to an activating group) is 1. The molecule has 1 aromatic rings. The van der Waals surface area contributed by atoms with E-state index in [0.717, 1.165) is 32.5 Å². The lowest BCUT2D eigenvalue weighted by Crippen LogP contribution is -2.47. The van der Waals surface area contributed by atoms with E-state index in [1.165, 1.54) is 18.4 Å². The molecule has 1 unspecified atom stereocenters. The van der Waals surface area contributed by atoms with Gasteiger partial charge in [0.25, 0.3) is 0 Å². The van der Waals surface area contributed by atoms with E-state index in [9.17, 15) is 4.79 Å². The van der Waals surface area contributed by atoms with E-state index in [-0.39, 0.29) is 11.9 Å². The van der Waals surface area contributed by atoms with Crippen molar-refractivity contribution in [3.05, 3.63) is 18.0 Å². The van der Waals surface area contributed by atoms with E-state index in [2.05, 4.69) is 35.4 Å². The van der Waals surface area contributed by atoms with Crippen molar-refractivity contribution in [3.63, 3.8) is 0 Å². The van der Waals surface area contributed by atoms with Gasteiger partial charge in [-0.15, -0.1) is 0 Å². The molecule has 0 saturated heterocycles. The maximum atomic E-state index is 12.4. The van der Waals surface area contributed by atoms with Crippen molar-refractivity contribution in [1.82, 2.24) is 20.0 Å². The summed E-state index contributed by atoms with van der Waals surface area (Å²) >= 11 is 0. The number of nitrogens with zero attached hydrogens (tertiary/aromatic N) is 3. The highest BCUT2D eigenvalue weighted by molar-refractivity contribution is 5.81. The van der Waals surface area contributed by atoms with Crippen molar-refractivity contribution < 1.29 is 4.79 Å². The van der Waals surface area contributed by atoms with Crippen LogP contribution in [0.25, 0.3) is 0 Å². The highest BCUT2D eigenvalue weighted by Gasteiger charge is 2.24. The third kappa shape index (κ3) is 4.30. The SMILES string of the molecule is CCN(Cc1cnn(CC)c1)C(C)C(=O)NC1CCCC1. The quantitative estimate of drug-likeness (QED) is 0.838. The van der Waals surface area contributed by atoms with Gasteiger partial charge in [-0.1, -0.05) is 19.8 Å². The second-order valence-corrected chi connectivity index (χ2v) is 5.93. The van der Waals surface area contributed by atoms with Crippen LogP contribution in [0.5, 0.6) is 0 Å². The van der Waals surface area contributed by atoms with Gasteiger partial charge in [0.1, 0.15) is 0 Å². The lowest BCUT2D eigenvalue weighted by atomic mass is 10.2. The van der Waals surface area contributed by atoms with Crippen LogP contribution in [0.2, 0.25) is 0 Å². The summed E-state index contributed by atoms with van der Waals surface area (Å²) in [7, 11) is 0. The number of hydrogen-bond donors (Lipinski definition) is 1. The summed E-state index contributed by atoms with van der Waals surface area (Å²) in [5, 5.41) is 7.49. The average Bonchev–Trinajstić information content (AvgIpc) is 3.15. The molecule has 0 spiro atoms. The van der Waals surface area contributed by atoms with Crippen LogP contribution in [0.4, 0.5) is 0 Å². The second kappa shape index (κ2) is 7.59. The van der Waals surface area contributed by atoms with Crippen molar-refractivity contribution >= 4 is 5.91 Å². The summed E-state index contributed by atoms with van der Waals surface area (Å²) in [6.45, 7) is 8.68. The highest BCUT2D eigenvalue weighted by Crippen LogP contribution is 2.18. The first-order valence-corrected chi connectivity index (χ1v) is 8.19. The number of carbonyl (C=O) groups is 1. The summed E-state index contributed by atoms with van der Waals surface area (Å²) in [6, 6.07) is 0.294. The normalized spacial score (nSPS) is 17.3. The average molecular weight is 292 g/mol. The van der Waals surface area contributed by atoms with Gasteiger partial charge in [-0.25, -0.2) is 0 Å². The summed E-state index contributed by atoms with van der Waals surface area (Å²) in [4.78, 5) is 14.6. The molecule has 0 aromatic carbocycles. The van der Waals surface area contributed by atoms with Gasteiger partial charge < -0.3 is 5.32 Å². The Morgan fingerprint density at radius 1 is 1.48 bits per heavy atom. The molecule has 1 aromatic heterocycles. The number of amides is 1. The van der Waals surface area contributed by atoms with E-state index in [1.54, 1.807) is 0 Å². The van der Waals surface area contributed by atoms with Crippen molar-refractivity contribution in [1.29, 1.82) is 0 Å². The summed E-state index contributed by atoms with van der Waals surface area (Å²) in [5.74, 6) is 0.159. The van der Waals surface area contributed by atoms with E-state index in [4.69, 9.17) is 0 Å². The number of rotatable bonds is 7. The summed E-state index contributed by atoms with van der Waals surface area (Å²) in [5.41, 5.74) is 1.17. The lowest BCUT2D eigenvalue weighted by molar-refractivity contribution is -0.126. The van der Waals surface area contributed by atoms with Gasteiger partial charge in [0.15, 0.2) is 0 Å². The van der Waals surface area contributed by atoms with E-state index in [0.29, 0.717) is 6.04 Å². The number of nitrogens with one attached hydrogen (secondary N) is 1. The molecular formula is C16H28N4O. The highest BCUT2D eigenvalue weighted by atomic mass is 16.2. The van der Waals surface area contributed by atoms with E-state index < -0.39 is 0 Å². The van der Waals surface area contributed by atoms with Crippen molar-refractivity contribution in [3.8, 4) is 0 Å². The smallest absolute Gasteiger partial charge is 0.237 e. The van der Waals surface area contributed by atoms with Crippen molar-refractivity contribution in [2.75, 3.05) is 6.54 Å². The van der Waals surface area contributed by atoms with Crippen LogP contribution in [-0.2, 0) is 17.9 Å². The fourth-order valence-electron chi connectivity index (χ4n) is 2.98. The standard InChI is InChI=1S/C16H28N4O/c1-4-19(11-14-10-17-20(5-2)12-14)13(3)16(21)18-15-8-6-7-9-15/h10,12-13,15H,4-9,11H2,1-3H3,(H,18,21). The molecule has 1 heterocycles. The molecule has 21 heavy (non-hydrogen) atoms. The summed E-state index contributed by atoms with van der Waals surface area (Å²) in [6.07, 6.45) is 8.71. The first-order chi connectivity index (χ1) is 10.1. The maximum absolute atomic E-state index is 12.4. The second-order valence-electron chi connectivity index (χ2n) is 5.93. The molecule has 1 N–H and O–H groups in total. The van der Waals surface area contributed by atoms with Crippen molar-refractivity contribution in [2.24, 2.45) is 0 Å². The van der Waals surface area contributed by atoms with Crippen LogP contribution < -0.4 is 5.32 Å². The Balaban J connectivity index is 1.90. The van der Waals surface area contributed by atoms with Gasteiger partial charge >= 0.3 is 0 Å². The van der Waals surface area contributed by atoms with Gasteiger partial charge in [-0.2, -0.15) is 5.10 Å². The van der Waals surface area contributed by atoms with Crippen LogP contribution in [0.15, 0.2) is 12.4 Å². The minimum atomic E-state index is -0.0967. The molecule has 0 bridgehead atoms. The zero-order valence-corrected chi connectivity index (χ0v) is 13.5. The Labute approximate surface area is 127 Å². The molecule has 118 valence electrons. The molecule has 1 fully saturated rings. The number of aryl methyl sites for hydroxylation is 1. The number of carbonyl (C=O) groups excluding carboxylic acids is 1. The van der Waals surface area contributed by atoms with Crippen LogP contribution in [0.3, 0.4) is 0 Å². The molecule has 0 aliphatic heterocycles. The fourth-order valence-corrected chi connectivity index (χ4v) is 2.98. The summed E-state index contributed by atoms with van der Waals surface area (Å²) < 4.78 is 1.92. The molecular weight excluding hydrogens is 264 g/mol. The van der Waals surface area contributed by atoms with Gasteiger partial charge in [-0.05, 0) is 33.2 Å². The Bertz CT molecular complexity index is 451. The Kier molecular flexibility index (Phi) is 5.79. The maximum Gasteiger partial charge on any atom is 0.237 e. The van der Waals surface area contributed by atoms with Crippen LogP contribution >= 0.6 is 0 Å². The molecule has 2 rings (SSSR count). The zero-order valence-electron chi connectivity index (χ0n) is 13.5. The van der Waals surface area contributed by atoms with Crippen molar-refractivity contribution in [2.45, 2.75) is 71.6 Å². The van der Waals surface area contributed by atoms with Crippen LogP contribution in [0.1, 0.15) is 52.0 Å². The molecule has 0 radical (unpaired) electrons. The zero-order chi connectivity index (χ0) is 15.2. The van der Waals surface area contributed by atoms with Crippen LogP contribution in [0, 0.1) is 0 Å².